The van der Waals surface area contributed by atoms with Crippen LogP contribution in [0, 0.1) is 13.8 Å². The molecule has 0 saturated carbocycles. The van der Waals surface area contributed by atoms with E-state index in [1.165, 1.54) is 11.1 Å². The van der Waals surface area contributed by atoms with Crippen LogP contribution in [-0.2, 0) is 6.54 Å². The summed E-state index contributed by atoms with van der Waals surface area (Å²) in [4.78, 5) is 18.5. The number of aromatic nitrogens is 3. The molecular formula is C19H20N4O. The maximum absolute atomic E-state index is 12.8. The molecule has 0 saturated heterocycles. The highest BCUT2D eigenvalue weighted by atomic mass is 16.2. The topological polar surface area (TPSA) is 61.9 Å². The summed E-state index contributed by atoms with van der Waals surface area (Å²) in [5, 5.41) is 6.87. The zero-order chi connectivity index (χ0) is 17.1. The summed E-state index contributed by atoms with van der Waals surface area (Å²) in [6, 6.07) is 10.00. The second-order valence-electron chi connectivity index (χ2n) is 5.97. The van der Waals surface area contributed by atoms with Gasteiger partial charge in [-0.15, -0.1) is 0 Å². The van der Waals surface area contributed by atoms with E-state index in [1.54, 1.807) is 30.5 Å². The second-order valence-corrected chi connectivity index (χ2v) is 5.97. The van der Waals surface area contributed by atoms with E-state index >= 15 is 0 Å². The number of aromatic amines is 1. The molecule has 0 bridgehead atoms. The molecule has 0 aliphatic carbocycles. The van der Waals surface area contributed by atoms with Crippen molar-refractivity contribution < 1.29 is 4.79 Å². The van der Waals surface area contributed by atoms with E-state index in [-0.39, 0.29) is 5.91 Å². The van der Waals surface area contributed by atoms with Crippen LogP contribution in [0.5, 0.6) is 0 Å². The molecule has 3 rings (SSSR count). The van der Waals surface area contributed by atoms with Crippen LogP contribution in [0.1, 0.15) is 27.2 Å². The third kappa shape index (κ3) is 3.20. The Bertz CT molecular complexity index is 855. The first-order valence-electron chi connectivity index (χ1n) is 7.81. The normalized spacial score (nSPS) is 10.6. The van der Waals surface area contributed by atoms with Gasteiger partial charge in [0.05, 0.1) is 6.20 Å². The SMILES string of the molecule is Cc1ccc(CN(C)C(=O)c2[nH]ncc2-c2ccncc2)cc1C. The van der Waals surface area contributed by atoms with Gasteiger partial charge in [-0.3, -0.25) is 14.9 Å². The number of pyridine rings is 1. The second kappa shape index (κ2) is 6.66. The molecule has 1 aromatic carbocycles. The quantitative estimate of drug-likeness (QED) is 0.802. The largest absolute Gasteiger partial charge is 0.336 e. The Kier molecular flexibility index (Phi) is 4.42. The average molecular weight is 320 g/mol. The van der Waals surface area contributed by atoms with Gasteiger partial charge in [-0.2, -0.15) is 5.10 Å². The summed E-state index contributed by atoms with van der Waals surface area (Å²) >= 11 is 0. The van der Waals surface area contributed by atoms with Gasteiger partial charge in [0.1, 0.15) is 5.69 Å². The van der Waals surface area contributed by atoms with E-state index in [2.05, 4.69) is 47.2 Å². The lowest BCUT2D eigenvalue weighted by atomic mass is 10.1. The standard InChI is InChI=1S/C19H20N4O/c1-13-4-5-15(10-14(13)2)12-23(3)19(24)18-17(11-21-22-18)16-6-8-20-9-7-16/h4-11H,12H2,1-3H3,(H,21,22). The fourth-order valence-electron chi connectivity index (χ4n) is 2.64. The summed E-state index contributed by atoms with van der Waals surface area (Å²) in [5.41, 5.74) is 5.79. The van der Waals surface area contributed by atoms with E-state index in [9.17, 15) is 4.79 Å². The summed E-state index contributed by atoms with van der Waals surface area (Å²) in [7, 11) is 1.80. The zero-order valence-electron chi connectivity index (χ0n) is 14.1. The molecule has 3 aromatic rings. The summed E-state index contributed by atoms with van der Waals surface area (Å²) in [6.45, 7) is 4.71. The third-order valence-electron chi connectivity index (χ3n) is 4.18. The van der Waals surface area contributed by atoms with Crippen LogP contribution in [0.4, 0.5) is 0 Å². The van der Waals surface area contributed by atoms with Crippen molar-refractivity contribution in [2.45, 2.75) is 20.4 Å². The molecule has 2 aromatic heterocycles. The van der Waals surface area contributed by atoms with Crippen LogP contribution < -0.4 is 0 Å². The number of carbonyl (C=O) groups is 1. The van der Waals surface area contributed by atoms with Gasteiger partial charge < -0.3 is 4.90 Å². The van der Waals surface area contributed by atoms with Gasteiger partial charge >= 0.3 is 0 Å². The predicted octanol–water partition coefficient (Wildman–Crippen LogP) is 3.36. The summed E-state index contributed by atoms with van der Waals surface area (Å²) in [5.74, 6) is -0.0856. The lowest BCUT2D eigenvalue weighted by Crippen LogP contribution is -2.27. The van der Waals surface area contributed by atoms with Crippen LogP contribution in [0.25, 0.3) is 11.1 Å². The van der Waals surface area contributed by atoms with Crippen LogP contribution in [0.15, 0.2) is 48.9 Å². The maximum Gasteiger partial charge on any atom is 0.272 e. The van der Waals surface area contributed by atoms with Gasteiger partial charge in [0.2, 0.25) is 0 Å². The van der Waals surface area contributed by atoms with Gasteiger partial charge in [0, 0.05) is 31.5 Å². The fraction of sp³-hybridized carbons (Fsp3) is 0.211. The molecule has 5 nitrogen and oxygen atoms in total. The number of carbonyl (C=O) groups excluding carboxylic acids is 1. The van der Waals surface area contributed by atoms with E-state index in [0.29, 0.717) is 12.2 Å². The molecule has 0 aliphatic heterocycles. The molecule has 122 valence electrons. The first kappa shape index (κ1) is 15.9. The molecule has 5 heteroatoms. The number of aryl methyl sites for hydroxylation is 2. The number of nitrogens with one attached hydrogen (secondary N) is 1. The van der Waals surface area contributed by atoms with Crippen LogP contribution in [0.2, 0.25) is 0 Å². The molecule has 0 radical (unpaired) electrons. The molecule has 0 unspecified atom stereocenters. The Morgan fingerprint density at radius 1 is 1.12 bits per heavy atom. The monoisotopic (exact) mass is 320 g/mol. The highest BCUT2D eigenvalue weighted by Crippen LogP contribution is 2.22. The van der Waals surface area contributed by atoms with Crippen molar-refractivity contribution in [3.8, 4) is 11.1 Å². The Morgan fingerprint density at radius 2 is 1.88 bits per heavy atom. The highest BCUT2D eigenvalue weighted by Gasteiger charge is 2.19. The Labute approximate surface area is 141 Å². The van der Waals surface area contributed by atoms with E-state index in [0.717, 1.165) is 16.7 Å². The molecule has 0 atom stereocenters. The van der Waals surface area contributed by atoms with Crippen LogP contribution in [0.3, 0.4) is 0 Å². The van der Waals surface area contributed by atoms with Crippen molar-refractivity contribution in [2.75, 3.05) is 7.05 Å². The van der Waals surface area contributed by atoms with Crippen molar-refractivity contribution in [1.29, 1.82) is 0 Å². The number of amides is 1. The lowest BCUT2D eigenvalue weighted by molar-refractivity contribution is 0.0780. The van der Waals surface area contributed by atoms with E-state index in [1.807, 2.05) is 12.1 Å². The van der Waals surface area contributed by atoms with Gasteiger partial charge in [-0.25, -0.2) is 0 Å². The zero-order valence-corrected chi connectivity index (χ0v) is 14.1. The summed E-state index contributed by atoms with van der Waals surface area (Å²) < 4.78 is 0. The molecule has 0 aliphatic rings. The molecule has 2 heterocycles. The smallest absolute Gasteiger partial charge is 0.272 e. The van der Waals surface area contributed by atoms with Gasteiger partial charge in [-0.05, 0) is 48.2 Å². The third-order valence-corrected chi connectivity index (χ3v) is 4.18. The van der Waals surface area contributed by atoms with E-state index in [4.69, 9.17) is 0 Å². The first-order valence-corrected chi connectivity index (χ1v) is 7.81. The van der Waals surface area contributed by atoms with Crippen LogP contribution >= 0.6 is 0 Å². The summed E-state index contributed by atoms with van der Waals surface area (Å²) in [6.07, 6.45) is 5.08. The molecule has 1 amide bonds. The van der Waals surface area contributed by atoms with Crippen molar-refractivity contribution in [3.63, 3.8) is 0 Å². The molecular weight excluding hydrogens is 300 g/mol. The first-order chi connectivity index (χ1) is 11.6. The minimum Gasteiger partial charge on any atom is -0.336 e. The van der Waals surface area contributed by atoms with Gasteiger partial charge in [0.25, 0.3) is 5.91 Å². The molecule has 1 N–H and O–H groups in total. The highest BCUT2D eigenvalue weighted by molar-refractivity contribution is 5.98. The molecule has 0 spiro atoms. The number of hydrogen-bond acceptors (Lipinski definition) is 3. The predicted molar refractivity (Wildman–Crippen MR) is 93.5 cm³/mol. The number of benzene rings is 1. The average Bonchev–Trinajstić information content (AvgIpc) is 3.08. The Morgan fingerprint density at radius 3 is 2.58 bits per heavy atom. The molecule has 24 heavy (non-hydrogen) atoms. The van der Waals surface area contributed by atoms with Gasteiger partial charge in [0.15, 0.2) is 0 Å². The lowest BCUT2D eigenvalue weighted by Gasteiger charge is -2.18. The molecule has 0 fully saturated rings. The Balaban J connectivity index is 1.82. The van der Waals surface area contributed by atoms with Crippen molar-refractivity contribution >= 4 is 5.91 Å². The number of nitrogens with zero attached hydrogens (tertiary/aromatic N) is 3. The van der Waals surface area contributed by atoms with Crippen molar-refractivity contribution in [3.05, 3.63) is 71.3 Å². The number of rotatable bonds is 4. The Hall–Kier alpha value is -2.95. The number of hydrogen-bond donors (Lipinski definition) is 1. The van der Waals surface area contributed by atoms with Crippen molar-refractivity contribution in [2.24, 2.45) is 0 Å². The van der Waals surface area contributed by atoms with Gasteiger partial charge in [-0.1, -0.05) is 18.2 Å². The minimum atomic E-state index is -0.0856. The number of H-pyrrole nitrogens is 1. The van der Waals surface area contributed by atoms with Crippen LogP contribution in [-0.4, -0.2) is 33.0 Å². The van der Waals surface area contributed by atoms with Crippen molar-refractivity contribution in [1.82, 2.24) is 20.1 Å². The fourth-order valence-corrected chi connectivity index (χ4v) is 2.64. The maximum atomic E-state index is 12.8. The minimum absolute atomic E-state index is 0.0856. The van der Waals surface area contributed by atoms with E-state index < -0.39 is 0 Å².